The minimum atomic E-state index is -2.83. The molecule has 12 heteroatoms. The zero-order chi connectivity index (χ0) is 23.7. The number of hydrogen-bond donors (Lipinski definition) is 3. The van der Waals surface area contributed by atoms with Crippen LogP contribution in [0.5, 0.6) is 0 Å². The van der Waals surface area contributed by atoms with E-state index in [0.29, 0.717) is 60.2 Å². The van der Waals surface area contributed by atoms with Crippen molar-refractivity contribution in [3.05, 3.63) is 53.9 Å². The number of rotatable bonds is 6. The second-order valence-electron chi connectivity index (χ2n) is 7.57. The first-order valence-corrected chi connectivity index (χ1v) is 10.5. The number of nitrogens with one attached hydrogen (secondary N) is 2. The Labute approximate surface area is 192 Å². The summed E-state index contributed by atoms with van der Waals surface area (Å²) in [6.07, 6.45) is -1.69. The van der Waals surface area contributed by atoms with Crippen LogP contribution in [0.3, 0.4) is 0 Å². The fraction of sp³-hybridized carbons (Fsp3) is 0.227. The average Bonchev–Trinajstić information content (AvgIpc) is 3.26. The number of para-hydroxylation sites is 2. The Hall–Kier alpha value is -4.19. The van der Waals surface area contributed by atoms with Gasteiger partial charge in [0.25, 0.3) is 6.43 Å². The van der Waals surface area contributed by atoms with Gasteiger partial charge < -0.3 is 26.1 Å². The molecule has 4 aromatic rings. The van der Waals surface area contributed by atoms with Gasteiger partial charge in [-0.3, -0.25) is 4.57 Å². The van der Waals surface area contributed by atoms with Crippen LogP contribution in [0.15, 0.2) is 42.5 Å². The van der Waals surface area contributed by atoms with Crippen LogP contribution in [0.4, 0.5) is 32.1 Å². The summed E-state index contributed by atoms with van der Waals surface area (Å²) >= 11 is 0. The van der Waals surface area contributed by atoms with E-state index in [1.54, 1.807) is 42.5 Å². The van der Waals surface area contributed by atoms with E-state index in [0.717, 1.165) is 6.21 Å². The normalized spacial score (nSPS) is 14.0. The lowest BCUT2D eigenvalue weighted by Crippen LogP contribution is -2.37. The molecular weight excluding hydrogens is 444 g/mol. The highest BCUT2D eigenvalue weighted by atomic mass is 19.3. The van der Waals surface area contributed by atoms with E-state index in [1.807, 2.05) is 4.90 Å². The van der Waals surface area contributed by atoms with Gasteiger partial charge >= 0.3 is 0 Å². The third kappa shape index (κ3) is 4.10. The van der Waals surface area contributed by atoms with Gasteiger partial charge in [-0.25, -0.2) is 13.8 Å². The maximum Gasteiger partial charge on any atom is 0.296 e. The van der Waals surface area contributed by atoms with Crippen molar-refractivity contribution in [3.63, 3.8) is 0 Å². The molecule has 0 aliphatic carbocycles. The summed E-state index contributed by atoms with van der Waals surface area (Å²) in [5.74, 6) is 0.0530. The van der Waals surface area contributed by atoms with E-state index in [9.17, 15) is 8.78 Å². The van der Waals surface area contributed by atoms with Crippen molar-refractivity contribution in [2.75, 3.05) is 42.3 Å². The van der Waals surface area contributed by atoms with Crippen LogP contribution in [-0.4, -0.2) is 57.0 Å². The lowest BCUT2D eigenvalue weighted by Gasteiger charge is -2.27. The van der Waals surface area contributed by atoms with Gasteiger partial charge in [0.05, 0.1) is 24.2 Å². The zero-order valence-electron chi connectivity index (χ0n) is 17.9. The standard InChI is InChI=1S/C22H21F2N9O/c23-18(24)19-28-16-3-1-2-4-17(16)33(19)22-30-20(27-14-5-6-15(26)13(11-14)12-25)29-21(31-22)32-7-9-34-10-8-32/h1-6,11-12,18,25H,7-10,26H2,(H,27,29,30,31). The molecule has 34 heavy (non-hydrogen) atoms. The largest absolute Gasteiger partial charge is 0.398 e. The summed E-state index contributed by atoms with van der Waals surface area (Å²) in [7, 11) is 0. The molecule has 10 nitrogen and oxygen atoms in total. The molecule has 1 fully saturated rings. The average molecular weight is 465 g/mol. The van der Waals surface area contributed by atoms with Gasteiger partial charge in [-0.2, -0.15) is 15.0 Å². The summed E-state index contributed by atoms with van der Waals surface area (Å²) in [5, 5.41) is 10.6. The van der Waals surface area contributed by atoms with E-state index in [-0.39, 0.29) is 11.9 Å². The molecule has 0 spiro atoms. The molecule has 2 aromatic heterocycles. The molecule has 2 aromatic carbocycles. The van der Waals surface area contributed by atoms with Gasteiger partial charge in [0.2, 0.25) is 17.8 Å². The lowest BCUT2D eigenvalue weighted by atomic mass is 10.2. The molecule has 0 atom stereocenters. The molecule has 1 aliphatic heterocycles. The van der Waals surface area contributed by atoms with Crippen LogP contribution < -0.4 is 16.0 Å². The fourth-order valence-electron chi connectivity index (χ4n) is 3.72. The van der Waals surface area contributed by atoms with E-state index in [1.165, 1.54) is 4.57 Å². The van der Waals surface area contributed by atoms with E-state index < -0.39 is 12.2 Å². The lowest BCUT2D eigenvalue weighted by molar-refractivity contribution is 0.122. The first-order chi connectivity index (χ1) is 16.5. The molecular formula is C22H21F2N9O. The minimum absolute atomic E-state index is 0.0192. The third-order valence-electron chi connectivity index (χ3n) is 5.39. The molecule has 0 amide bonds. The number of halogens is 2. The monoisotopic (exact) mass is 465 g/mol. The maximum absolute atomic E-state index is 13.9. The van der Waals surface area contributed by atoms with Crippen molar-refractivity contribution >= 4 is 40.5 Å². The van der Waals surface area contributed by atoms with E-state index in [2.05, 4.69) is 25.3 Å². The van der Waals surface area contributed by atoms with E-state index >= 15 is 0 Å². The fourth-order valence-corrected chi connectivity index (χ4v) is 3.72. The Morgan fingerprint density at radius 1 is 1.03 bits per heavy atom. The van der Waals surface area contributed by atoms with Crippen molar-refractivity contribution in [1.29, 1.82) is 5.41 Å². The molecule has 0 bridgehead atoms. The van der Waals surface area contributed by atoms with Gasteiger partial charge in [-0.1, -0.05) is 12.1 Å². The van der Waals surface area contributed by atoms with Gasteiger partial charge in [0, 0.05) is 36.2 Å². The zero-order valence-corrected chi connectivity index (χ0v) is 17.9. The Balaban J connectivity index is 1.65. The van der Waals surface area contributed by atoms with Crippen molar-refractivity contribution in [1.82, 2.24) is 24.5 Å². The number of morpholine rings is 1. The number of benzene rings is 2. The van der Waals surface area contributed by atoms with Crippen LogP contribution in [0.1, 0.15) is 17.8 Å². The number of fused-ring (bicyclic) bond motifs is 1. The Morgan fingerprint density at radius 2 is 1.79 bits per heavy atom. The van der Waals surface area contributed by atoms with Crippen LogP contribution >= 0.6 is 0 Å². The Bertz CT molecular complexity index is 1350. The molecule has 0 unspecified atom stereocenters. The van der Waals surface area contributed by atoms with Crippen molar-refractivity contribution in [2.24, 2.45) is 0 Å². The number of nitrogen functional groups attached to an aromatic ring is 1. The summed E-state index contributed by atoms with van der Waals surface area (Å²) in [4.78, 5) is 19.5. The predicted octanol–water partition coefficient (Wildman–Crippen LogP) is 3.31. The molecule has 174 valence electrons. The van der Waals surface area contributed by atoms with Crippen LogP contribution in [0.25, 0.3) is 17.0 Å². The highest BCUT2D eigenvalue weighted by Gasteiger charge is 2.24. The highest BCUT2D eigenvalue weighted by molar-refractivity contribution is 5.87. The molecule has 1 aliphatic rings. The third-order valence-corrected chi connectivity index (χ3v) is 5.39. The number of imidazole rings is 1. The Morgan fingerprint density at radius 3 is 2.56 bits per heavy atom. The SMILES string of the molecule is N=Cc1cc(Nc2nc(N3CCOCC3)nc(-n3c(C(F)F)nc4ccccc43)n2)ccc1N. The molecule has 3 heterocycles. The summed E-state index contributed by atoms with van der Waals surface area (Å²) in [6.45, 7) is 2.10. The number of nitrogens with zero attached hydrogens (tertiary/aromatic N) is 6. The second-order valence-corrected chi connectivity index (χ2v) is 7.57. The molecule has 0 saturated carbocycles. The number of alkyl halides is 2. The number of anilines is 4. The van der Waals surface area contributed by atoms with Crippen LogP contribution in [0, 0.1) is 5.41 Å². The van der Waals surface area contributed by atoms with E-state index in [4.69, 9.17) is 15.9 Å². The second kappa shape index (κ2) is 8.98. The maximum atomic E-state index is 13.9. The predicted molar refractivity (Wildman–Crippen MR) is 124 cm³/mol. The van der Waals surface area contributed by atoms with Gasteiger partial charge in [0.15, 0.2) is 5.82 Å². The van der Waals surface area contributed by atoms with Crippen LogP contribution in [0.2, 0.25) is 0 Å². The quantitative estimate of drug-likeness (QED) is 0.292. The van der Waals surface area contributed by atoms with Gasteiger partial charge in [-0.15, -0.1) is 0 Å². The van der Waals surface area contributed by atoms with Crippen LogP contribution in [-0.2, 0) is 4.74 Å². The summed E-state index contributed by atoms with van der Waals surface area (Å²) in [5.41, 5.74) is 8.32. The Kier molecular flexibility index (Phi) is 5.72. The number of ether oxygens (including phenoxy) is 1. The van der Waals surface area contributed by atoms with Gasteiger partial charge in [-0.05, 0) is 30.3 Å². The topological polar surface area (TPSA) is 131 Å². The van der Waals surface area contributed by atoms with Crippen molar-refractivity contribution < 1.29 is 13.5 Å². The highest BCUT2D eigenvalue weighted by Crippen LogP contribution is 2.28. The first kappa shape index (κ1) is 21.6. The van der Waals surface area contributed by atoms with Gasteiger partial charge in [0.1, 0.15) is 0 Å². The van der Waals surface area contributed by atoms with Crippen molar-refractivity contribution in [2.45, 2.75) is 6.43 Å². The number of hydrogen-bond acceptors (Lipinski definition) is 9. The molecule has 5 rings (SSSR count). The molecule has 1 saturated heterocycles. The minimum Gasteiger partial charge on any atom is -0.398 e. The van der Waals surface area contributed by atoms with Crippen molar-refractivity contribution in [3.8, 4) is 5.95 Å². The molecule has 4 N–H and O–H groups in total. The molecule has 0 radical (unpaired) electrons. The summed E-state index contributed by atoms with van der Waals surface area (Å²) < 4.78 is 34.6. The number of aromatic nitrogens is 5. The smallest absolute Gasteiger partial charge is 0.296 e. The first-order valence-electron chi connectivity index (χ1n) is 10.5. The summed E-state index contributed by atoms with van der Waals surface area (Å²) in [6, 6.07) is 11.9. The number of nitrogens with two attached hydrogens (primary N) is 1.